The van der Waals surface area contributed by atoms with Crippen LogP contribution in [0.15, 0.2) is 52.4 Å². The smallest absolute Gasteiger partial charge is 0.142 e. The average molecular weight is 342 g/mol. The summed E-state index contributed by atoms with van der Waals surface area (Å²) in [6.07, 6.45) is 1.76. The van der Waals surface area contributed by atoms with Crippen molar-refractivity contribution in [2.24, 2.45) is 0 Å². The molecule has 2 heterocycles. The Hall–Kier alpha value is -2.03. The summed E-state index contributed by atoms with van der Waals surface area (Å²) in [7, 11) is 0. The highest BCUT2D eigenvalue weighted by atomic mass is 79.9. The predicted octanol–water partition coefficient (Wildman–Crippen LogP) is 4.51. The van der Waals surface area contributed by atoms with E-state index >= 15 is 0 Å². The molecule has 0 aliphatic heterocycles. The Balaban J connectivity index is 1.97. The van der Waals surface area contributed by atoms with Crippen LogP contribution in [0.25, 0.3) is 22.0 Å². The monoisotopic (exact) mass is 341 g/mol. The molecule has 0 aliphatic rings. The lowest BCUT2D eigenvalue weighted by atomic mass is 10.1. The third-order valence-electron chi connectivity index (χ3n) is 2.74. The normalized spacial score (nSPS) is 10.2. The van der Waals surface area contributed by atoms with Crippen LogP contribution in [0.3, 0.4) is 0 Å². The molecule has 1 aromatic carbocycles. The molecular weight excluding hydrogens is 334 g/mol. The quantitative estimate of drug-likeness (QED) is 0.689. The SMILES string of the molecule is N#Cc1cccc(-c2csc(-c3ccc(Br)cn3)n2)c1. The van der Waals surface area contributed by atoms with E-state index in [2.05, 4.69) is 32.0 Å². The fourth-order valence-corrected chi connectivity index (χ4v) is 2.81. The van der Waals surface area contributed by atoms with Crippen molar-refractivity contribution in [3.8, 4) is 28.0 Å². The van der Waals surface area contributed by atoms with E-state index in [0.29, 0.717) is 5.56 Å². The van der Waals surface area contributed by atoms with E-state index in [1.165, 1.54) is 0 Å². The first-order valence-corrected chi connectivity index (χ1v) is 7.51. The lowest BCUT2D eigenvalue weighted by Crippen LogP contribution is -1.83. The number of nitrogens with zero attached hydrogens (tertiary/aromatic N) is 3. The molecule has 0 unspecified atom stereocenters. The van der Waals surface area contributed by atoms with Crippen molar-refractivity contribution in [1.29, 1.82) is 5.26 Å². The van der Waals surface area contributed by atoms with Crippen LogP contribution in [-0.4, -0.2) is 9.97 Å². The van der Waals surface area contributed by atoms with Crippen LogP contribution in [0.5, 0.6) is 0 Å². The molecule has 0 aliphatic carbocycles. The number of pyridine rings is 1. The number of hydrogen-bond acceptors (Lipinski definition) is 4. The third-order valence-corrected chi connectivity index (χ3v) is 4.07. The zero-order valence-electron chi connectivity index (χ0n) is 10.2. The molecular formula is C15H8BrN3S. The Morgan fingerprint density at radius 3 is 2.80 bits per heavy atom. The van der Waals surface area contributed by atoms with Gasteiger partial charge in [-0.2, -0.15) is 5.26 Å². The molecule has 0 amide bonds. The Bertz CT molecular complexity index is 787. The minimum atomic E-state index is 0.638. The Kier molecular flexibility index (Phi) is 3.59. The van der Waals surface area contributed by atoms with Crippen LogP contribution in [0, 0.1) is 11.3 Å². The van der Waals surface area contributed by atoms with Crippen LogP contribution < -0.4 is 0 Å². The van der Waals surface area contributed by atoms with Gasteiger partial charge in [-0.05, 0) is 40.2 Å². The van der Waals surface area contributed by atoms with Gasteiger partial charge in [0.05, 0.1) is 23.0 Å². The Morgan fingerprint density at radius 1 is 1.15 bits per heavy atom. The highest BCUT2D eigenvalue weighted by Crippen LogP contribution is 2.28. The second-order valence-corrected chi connectivity index (χ2v) is 5.87. The summed E-state index contributed by atoms with van der Waals surface area (Å²) in [6.45, 7) is 0. The van der Waals surface area contributed by atoms with Crippen LogP contribution in [0.1, 0.15) is 5.56 Å². The first-order chi connectivity index (χ1) is 9.76. The number of rotatable bonds is 2. The van der Waals surface area contributed by atoms with E-state index < -0.39 is 0 Å². The molecule has 5 heteroatoms. The van der Waals surface area contributed by atoms with E-state index in [4.69, 9.17) is 5.26 Å². The number of nitriles is 1. The lowest BCUT2D eigenvalue weighted by molar-refractivity contribution is 1.28. The first kappa shape index (κ1) is 13.0. The lowest BCUT2D eigenvalue weighted by Gasteiger charge is -1.97. The van der Waals surface area contributed by atoms with Gasteiger partial charge in [-0.25, -0.2) is 4.98 Å². The predicted molar refractivity (Wildman–Crippen MR) is 83.2 cm³/mol. The maximum Gasteiger partial charge on any atom is 0.142 e. The van der Waals surface area contributed by atoms with E-state index in [1.54, 1.807) is 23.6 Å². The van der Waals surface area contributed by atoms with E-state index in [0.717, 1.165) is 26.4 Å². The summed E-state index contributed by atoms with van der Waals surface area (Å²) in [6, 6.07) is 13.5. The van der Waals surface area contributed by atoms with Crippen molar-refractivity contribution >= 4 is 27.3 Å². The zero-order chi connectivity index (χ0) is 13.9. The van der Waals surface area contributed by atoms with Crippen LogP contribution >= 0.6 is 27.3 Å². The number of hydrogen-bond donors (Lipinski definition) is 0. The van der Waals surface area contributed by atoms with Gasteiger partial charge in [-0.15, -0.1) is 11.3 Å². The summed E-state index contributed by atoms with van der Waals surface area (Å²) in [5.74, 6) is 0. The number of benzene rings is 1. The maximum absolute atomic E-state index is 8.94. The molecule has 0 saturated heterocycles. The number of halogens is 1. The Labute approximate surface area is 128 Å². The largest absolute Gasteiger partial charge is 0.253 e. The molecule has 3 nitrogen and oxygen atoms in total. The molecule has 3 aromatic rings. The van der Waals surface area contributed by atoms with Gasteiger partial charge in [0.15, 0.2) is 0 Å². The van der Waals surface area contributed by atoms with Crippen molar-refractivity contribution < 1.29 is 0 Å². The summed E-state index contributed by atoms with van der Waals surface area (Å²) < 4.78 is 0.944. The number of aromatic nitrogens is 2. The second-order valence-electron chi connectivity index (χ2n) is 4.09. The molecule has 0 bridgehead atoms. The molecule has 0 saturated carbocycles. The molecule has 20 heavy (non-hydrogen) atoms. The van der Waals surface area contributed by atoms with Crippen LogP contribution in [0.2, 0.25) is 0 Å². The number of thiazole rings is 1. The fourth-order valence-electron chi connectivity index (χ4n) is 1.77. The molecule has 2 aromatic heterocycles. The van der Waals surface area contributed by atoms with Gasteiger partial charge < -0.3 is 0 Å². The minimum absolute atomic E-state index is 0.638. The van der Waals surface area contributed by atoms with E-state index in [9.17, 15) is 0 Å². The first-order valence-electron chi connectivity index (χ1n) is 5.84. The molecule has 0 atom stereocenters. The van der Waals surface area contributed by atoms with Crippen molar-refractivity contribution in [1.82, 2.24) is 9.97 Å². The summed E-state index contributed by atoms with van der Waals surface area (Å²) >= 11 is 4.91. The zero-order valence-corrected chi connectivity index (χ0v) is 12.6. The highest BCUT2D eigenvalue weighted by Gasteiger charge is 2.08. The topological polar surface area (TPSA) is 49.6 Å². The van der Waals surface area contributed by atoms with Gasteiger partial charge in [0.25, 0.3) is 0 Å². The summed E-state index contributed by atoms with van der Waals surface area (Å²) in [4.78, 5) is 8.93. The van der Waals surface area contributed by atoms with Gasteiger partial charge in [-0.3, -0.25) is 4.98 Å². The van der Waals surface area contributed by atoms with Gasteiger partial charge in [0.2, 0.25) is 0 Å². The van der Waals surface area contributed by atoms with E-state index in [-0.39, 0.29) is 0 Å². The molecule has 0 spiro atoms. The molecule has 0 N–H and O–H groups in total. The molecule has 3 rings (SSSR count). The maximum atomic E-state index is 8.94. The van der Waals surface area contributed by atoms with Crippen LogP contribution in [-0.2, 0) is 0 Å². The Morgan fingerprint density at radius 2 is 2.05 bits per heavy atom. The highest BCUT2D eigenvalue weighted by molar-refractivity contribution is 9.10. The van der Waals surface area contributed by atoms with Crippen LogP contribution in [0.4, 0.5) is 0 Å². The van der Waals surface area contributed by atoms with Crippen molar-refractivity contribution in [3.05, 3.63) is 58.0 Å². The molecule has 0 fully saturated rings. The summed E-state index contributed by atoms with van der Waals surface area (Å²) in [5, 5.41) is 11.8. The standard InChI is InChI=1S/C15H8BrN3S/c16-12-4-5-13(18-8-12)15-19-14(9-20-15)11-3-1-2-10(6-11)7-17/h1-6,8-9H. The summed E-state index contributed by atoms with van der Waals surface area (Å²) in [5.41, 5.74) is 3.30. The molecule has 0 radical (unpaired) electrons. The fraction of sp³-hybridized carbons (Fsp3) is 0. The van der Waals surface area contributed by atoms with Gasteiger partial charge in [-0.1, -0.05) is 12.1 Å². The molecule has 96 valence electrons. The van der Waals surface area contributed by atoms with Crippen molar-refractivity contribution in [2.75, 3.05) is 0 Å². The van der Waals surface area contributed by atoms with Gasteiger partial charge in [0, 0.05) is 21.6 Å². The second kappa shape index (κ2) is 5.53. The average Bonchev–Trinajstić information content (AvgIpc) is 2.98. The van der Waals surface area contributed by atoms with Gasteiger partial charge >= 0.3 is 0 Å². The van der Waals surface area contributed by atoms with E-state index in [1.807, 2.05) is 35.7 Å². The van der Waals surface area contributed by atoms with Crippen molar-refractivity contribution in [3.63, 3.8) is 0 Å². The van der Waals surface area contributed by atoms with Gasteiger partial charge in [0.1, 0.15) is 5.01 Å². The van der Waals surface area contributed by atoms with Crippen molar-refractivity contribution in [2.45, 2.75) is 0 Å². The minimum Gasteiger partial charge on any atom is -0.253 e. The third kappa shape index (κ3) is 2.62.